The highest BCUT2D eigenvalue weighted by atomic mass is 32.2. The fourth-order valence-corrected chi connectivity index (χ4v) is 5.24. The average molecular weight is 496 g/mol. The Bertz CT molecular complexity index is 1350. The van der Waals surface area contributed by atoms with Crippen LogP contribution in [0.25, 0.3) is 0 Å². The number of amides is 1. The minimum absolute atomic E-state index is 0.0190. The maximum Gasteiger partial charge on any atom is 0.271 e. The highest BCUT2D eigenvalue weighted by Crippen LogP contribution is 2.34. The first-order chi connectivity index (χ1) is 16.7. The molecule has 1 aliphatic heterocycles. The van der Waals surface area contributed by atoms with Crippen LogP contribution in [0.15, 0.2) is 71.6 Å². The number of sulfonamides is 1. The summed E-state index contributed by atoms with van der Waals surface area (Å²) in [6, 6.07) is 17.4. The predicted molar refractivity (Wildman–Crippen MR) is 131 cm³/mol. The number of non-ortho nitro benzene ring substituents is 1. The molecule has 1 atom stereocenters. The van der Waals surface area contributed by atoms with E-state index in [0.717, 1.165) is 30.0 Å². The number of hydrogen-bond acceptors (Lipinski definition) is 6. The summed E-state index contributed by atoms with van der Waals surface area (Å²) < 4.78 is 33.3. The first kappa shape index (κ1) is 24.2. The fraction of sp³-hybridized carbons (Fsp3) is 0.240. The van der Waals surface area contributed by atoms with Gasteiger partial charge in [-0.1, -0.05) is 29.8 Å². The van der Waals surface area contributed by atoms with Crippen LogP contribution in [0, 0.1) is 17.0 Å². The standard InChI is InChI=1S/C25H25N3O6S/c1-17-5-7-18(8-6-17)23-4-3-15-27(23)25(29)19-9-12-21(13-10-19)35(32,33)26-22-16-20(28(30)31)11-14-24(22)34-2/h5-14,16,23,26H,3-4,15H2,1-2H3. The normalized spacial score (nSPS) is 15.6. The second kappa shape index (κ2) is 9.75. The molecule has 1 saturated heterocycles. The van der Waals surface area contributed by atoms with Crippen molar-refractivity contribution in [3.63, 3.8) is 0 Å². The summed E-state index contributed by atoms with van der Waals surface area (Å²) in [4.78, 5) is 25.4. The van der Waals surface area contributed by atoms with Gasteiger partial charge < -0.3 is 9.64 Å². The van der Waals surface area contributed by atoms with Gasteiger partial charge in [0, 0.05) is 24.2 Å². The highest BCUT2D eigenvalue weighted by Gasteiger charge is 2.30. The van der Waals surface area contributed by atoms with Gasteiger partial charge in [0.05, 0.1) is 28.7 Å². The second-order valence-electron chi connectivity index (χ2n) is 8.34. The van der Waals surface area contributed by atoms with Gasteiger partial charge in [0.2, 0.25) is 0 Å². The van der Waals surface area contributed by atoms with Crippen molar-refractivity contribution in [1.82, 2.24) is 4.90 Å². The molecule has 1 heterocycles. The Morgan fingerprint density at radius 2 is 1.77 bits per heavy atom. The molecular formula is C25H25N3O6S. The molecule has 0 radical (unpaired) electrons. The van der Waals surface area contributed by atoms with E-state index >= 15 is 0 Å². The summed E-state index contributed by atoms with van der Waals surface area (Å²) in [7, 11) is -2.75. The number of carbonyl (C=O) groups excluding carboxylic acids is 1. The number of rotatable bonds is 7. The van der Waals surface area contributed by atoms with E-state index in [4.69, 9.17) is 4.74 Å². The quantitative estimate of drug-likeness (QED) is 0.375. The lowest BCUT2D eigenvalue weighted by Crippen LogP contribution is -2.30. The number of nitrogens with zero attached hydrogens (tertiary/aromatic N) is 2. The molecule has 0 spiro atoms. The van der Waals surface area contributed by atoms with Gasteiger partial charge >= 0.3 is 0 Å². The number of ether oxygens (including phenoxy) is 1. The number of likely N-dealkylation sites (tertiary alicyclic amines) is 1. The van der Waals surface area contributed by atoms with Crippen LogP contribution in [-0.2, 0) is 10.0 Å². The largest absolute Gasteiger partial charge is 0.495 e. The Morgan fingerprint density at radius 3 is 2.40 bits per heavy atom. The third kappa shape index (κ3) is 5.12. The molecule has 0 aliphatic carbocycles. The molecular weight excluding hydrogens is 470 g/mol. The summed E-state index contributed by atoms with van der Waals surface area (Å²) in [5.74, 6) is -0.0208. The first-order valence-electron chi connectivity index (χ1n) is 11.0. The average Bonchev–Trinajstić information content (AvgIpc) is 3.34. The van der Waals surface area contributed by atoms with Crippen LogP contribution in [0.5, 0.6) is 5.75 Å². The van der Waals surface area contributed by atoms with E-state index in [9.17, 15) is 23.3 Å². The van der Waals surface area contributed by atoms with Gasteiger partial charge in [0.25, 0.3) is 21.6 Å². The zero-order chi connectivity index (χ0) is 25.2. The van der Waals surface area contributed by atoms with Gasteiger partial charge in [-0.2, -0.15) is 0 Å². The molecule has 0 saturated carbocycles. The van der Waals surface area contributed by atoms with Crippen LogP contribution in [0.2, 0.25) is 0 Å². The topological polar surface area (TPSA) is 119 Å². The predicted octanol–water partition coefficient (Wildman–Crippen LogP) is 4.69. The van der Waals surface area contributed by atoms with Crippen LogP contribution >= 0.6 is 0 Å². The Morgan fingerprint density at radius 1 is 1.09 bits per heavy atom. The van der Waals surface area contributed by atoms with E-state index in [1.807, 2.05) is 36.1 Å². The molecule has 1 aliphatic rings. The third-order valence-corrected chi connectivity index (χ3v) is 7.41. The van der Waals surface area contributed by atoms with Crippen molar-refractivity contribution >= 4 is 27.3 Å². The van der Waals surface area contributed by atoms with E-state index in [2.05, 4.69) is 4.72 Å². The Labute approximate surface area is 203 Å². The molecule has 10 heteroatoms. The summed E-state index contributed by atoms with van der Waals surface area (Å²) >= 11 is 0. The molecule has 0 aromatic heterocycles. The molecule has 182 valence electrons. The number of methoxy groups -OCH3 is 1. The maximum absolute atomic E-state index is 13.2. The number of nitro benzene ring substituents is 1. The third-order valence-electron chi connectivity index (χ3n) is 6.03. The molecule has 4 rings (SSSR count). The summed E-state index contributed by atoms with van der Waals surface area (Å²) in [5.41, 5.74) is 2.28. The molecule has 1 amide bonds. The van der Waals surface area contributed by atoms with Crippen molar-refractivity contribution in [2.75, 3.05) is 18.4 Å². The van der Waals surface area contributed by atoms with Crippen LogP contribution in [0.3, 0.4) is 0 Å². The molecule has 35 heavy (non-hydrogen) atoms. The molecule has 1 N–H and O–H groups in total. The van der Waals surface area contributed by atoms with Crippen molar-refractivity contribution in [3.8, 4) is 5.75 Å². The smallest absolute Gasteiger partial charge is 0.271 e. The van der Waals surface area contributed by atoms with Gasteiger partial charge in [0.1, 0.15) is 5.75 Å². The summed E-state index contributed by atoms with van der Waals surface area (Å²) in [5, 5.41) is 11.1. The SMILES string of the molecule is COc1ccc([N+](=O)[O-])cc1NS(=O)(=O)c1ccc(C(=O)N2CCCC2c2ccc(C)cc2)cc1. The Balaban J connectivity index is 1.54. The monoisotopic (exact) mass is 495 g/mol. The van der Waals surface area contributed by atoms with Crippen LogP contribution in [-0.4, -0.2) is 37.8 Å². The number of nitro groups is 1. The van der Waals surface area contributed by atoms with E-state index < -0.39 is 14.9 Å². The minimum atomic E-state index is -4.09. The van der Waals surface area contributed by atoms with Crippen LogP contribution in [0.4, 0.5) is 11.4 Å². The molecule has 0 bridgehead atoms. The zero-order valence-electron chi connectivity index (χ0n) is 19.3. The van der Waals surface area contributed by atoms with Crippen LogP contribution in [0.1, 0.15) is 40.4 Å². The first-order valence-corrected chi connectivity index (χ1v) is 12.5. The van der Waals surface area contributed by atoms with Crippen molar-refractivity contribution in [1.29, 1.82) is 0 Å². The van der Waals surface area contributed by atoms with Gasteiger partial charge in [-0.15, -0.1) is 0 Å². The molecule has 9 nitrogen and oxygen atoms in total. The number of hydrogen-bond donors (Lipinski definition) is 1. The fourth-order valence-electron chi connectivity index (χ4n) is 4.18. The van der Waals surface area contributed by atoms with E-state index in [-0.39, 0.29) is 34.0 Å². The lowest BCUT2D eigenvalue weighted by Gasteiger charge is -2.25. The number of nitrogens with one attached hydrogen (secondary N) is 1. The lowest BCUT2D eigenvalue weighted by molar-refractivity contribution is -0.384. The molecule has 3 aromatic rings. The summed E-state index contributed by atoms with van der Waals surface area (Å²) in [6.07, 6.45) is 1.77. The van der Waals surface area contributed by atoms with E-state index in [1.165, 1.54) is 43.5 Å². The van der Waals surface area contributed by atoms with Crippen LogP contribution < -0.4 is 9.46 Å². The number of aryl methyl sites for hydroxylation is 1. The van der Waals surface area contributed by atoms with Crippen molar-refractivity contribution in [3.05, 3.63) is 93.5 Å². The van der Waals surface area contributed by atoms with E-state index in [1.54, 1.807) is 0 Å². The van der Waals surface area contributed by atoms with Crippen molar-refractivity contribution < 1.29 is 22.9 Å². The Hall–Kier alpha value is -3.92. The van der Waals surface area contributed by atoms with Crippen molar-refractivity contribution in [2.24, 2.45) is 0 Å². The molecule has 1 fully saturated rings. The number of benzene rings is 3. The van der Waals surface area contributed by atoms with E-state index in [0.29, 0.717) is 12.1 Å². The van der Waals surface area contributed by atoms with Gasteiger partial charge in [-0.25, -0.2) is 8.42 Å². The summed E-state index contributed by atoms with van der Waals surface area (Å²) in [6.45, 7) is 2.65. The number of carbonyl (C=O) groups is 1. The maximum atomic E-state index is 13.2. The number of anilines is 1. The molecule has 1 unspecified atom stereocenters. The van der Waals surface area contributed by atoms with Crippen molar-refractivity contribution in [2.45, 2.75) is 30.7 Å². The van der Waals surface area contributed by atoms with Gasteiger partial charge in [0.15, 0.2) is 0 Å². The van der Waals surface area contributed by atoms with Gasteiger partial charge in [-0.05, 0) is 55.7 Å². The zero-order valence-corrected chi connectivity index (χ0v) is 20.1. The van der Waals surface area contributed by atoms with Gasteiger partial charge in [-0.3, -0.25) is 19.6 Å². The molecule has 3 aromatic carbocycles. The second-order valence-corrected chi connectivity index (χ2v) is 10.0. The minimum Gasteiger partial charge on any atom is -0.495 e. The Kier molecular flexibility index (Phi) is 6.74. The lowest BCUT2D eigenvalue weighted by atomic mass is 10.0. The highest BCUT2D eigenvalue weighted by molar-refractivity contribution is 7.92.